The monoisotopic (exact) mass is 420 g/mol. The van der Waals surface area contributed by atoms with Crippen LogP contribution in [0.3, 0.4) is 0 Å². The van der Waals surface area contributed by atoms with Gasteiger partial charge in [0.1, 0.15) is 6.04 Å². The van der Waals surface area contributed by atoms with Crippen molar-refractivity contribution in [3.8, 4) is 0 Å². The van der Waals surface area contributed by atoms with Gasteiger partial charge >= 0.3 is 5.97 Å². The fourth-order valence-electron chi connectivity index (χ4n) is 4.88. The number of aromatic nitrogens is 1. The molecule has 5 heteroatoms. The number of para-hydroxylation sites is 1. The average Bonchev–Trinajstić information content (AvgIpc) is 3.05. The normalized spacial score (nSPS) is 16.5. The van der Waals surface area contributed by atoms with E-state index >= 15 is 0 Å². The van der Waals surface area contributed by atoms with Crippen molar-refractivity contribution in [2.75, 3.05) is 0 Å². The molecule has 164 valence electrons. The third-order valence-corrected chi connectivity index (χ3v) is 6.59. The Labute approximate surface area is 183 Å². The first-order valence-electron chi connectivity index (χ1n) is 11.3. The number of rotatable bonds is 5. The van der Waals surface area contributed by atoms with Gasteiger partial charge in [-0.25, -0.2) is 4.79 Å². The molecule has 31 heavy (non-hydrogen) atoms. The molecule has 1 aliphatic carbocycles. The molecule has 1 aliphatic rings. The van der Waals surface area contributed by atoms with Crippen molar-refractivity contribution in [2.45, 2.75) is 65.5 Å². The van der Waals surface area contributed by atoms with Gasteiger partial charge in [-0.2, -0.15) is 0 Å². The van der Waals surface area contributed by atoms with Crippen LogP contribution in [0.15, 0.2) is 42.5 Å². The highest BCUT2D eigenvalue weighted by Gasteiger charge is 2.33. The number of nitrogens with zero attached hydrogens (tertiary/aromatic N) is 1. The minimum Gasteiger partial charge on any atom is -0.480 e. The van der Waals surface area contributed by atoms with Crippen LogP contribution in [0.2, 0.25) is 0 Å². The number of aliphatic carboxylic acids is 1. The van der Waals surface area contributed by atoms with Crippen molar-refractivity contribution in [1.82, 2.24) is 9.88 Å². The summed E-state index contributed by atoms with van der Waals surface area (Å²) >= 11 is 0. The lowest BCUT2D eigenvalue weighted by Crippen LogP contribution is -2.49. The number of carboxylic acids is 1. The van der Waals surface area contributed by atoms with Crippen LogP contribution in [0.5, 0.6) is 0 Å². The zero-order valence-electron chi connectivity index (χ0n) is 18.6. The number of benzene rings is 2. The van der Waals surface area contributed by atoms with E-state index in [-0.39, 0.29) is 5.91 Å². The molecule has 0 unspecified atom stereocenters. The Kier molecular flexibility index (Phi) is 5.78. The molecule has 1 heterocycles. The van der Waals surface area contributed by atoms with Gasteiger partial charge in [0.05, 0.1) is 0 Å². The molecule has 0 aliphatic heterocycles. The van der Waals surface area contributed by atoms with Crippen LogP contribution in [0, 0.1) is 11.3 Å². The number of carbonyl (C=O) groups is 2. The van der Waals surface area contributed by atoms with Gasteiger partial charge in [0.25, 0.3) is 5.91 Å². The quantitative estimate of drug-likeness (QED) is 0.564. The number of nitrogens with one attached hydrogen (secondary N) is 1. The van der Waals surface area contributed by atoms with Crippen molar-refractivity contribution in [2.24, 2.45) is 11.3 Å². The number of carbonyl (C=O) groups excluding carboxylic acids is 1. The van der Waals surface area contributed by atoms with Crippen LogP contribution >= 0.6 is 0 Å². The lowest BCUT2D eigenvalue weighted by atomic mass is 9.86. The zero-order chi connectivity index (χ0) is 22.2. The SMILES string of the molecule is CC(C)(C)[C@H](NC(=O)c1ccc2c(c1)c1ccccc1n2CC1CCCCC1)C(=O)O. The molecule has 3 aromatic rings. The second-order valence-corrected chi connectivity index (χ2v) is 9.97. The summed E-state index contributed by atoms with van der Waals surface area (Å²) in [6.07, 6.45) is 6.51. The van der Waals surface area contributed by atoms with Crippen LogP contribution in [-0.2, 0) is 11.3 Å². The summed E-state index contributed by atoms with van der Waals surface area (Å²) in [5.74, 6) is -0.682. The molecular formula is C26H32N2O3. The van der Waals surface area contributed by atoms with E-state index in [9.17, 15) is 14.7 Å². The molecule has 5 nitrogen and oxygen atoms in total. The van der Waals surface area contributed by atoms with E-state index in [4.69, 9.17) is 0 Å². The van der Waals surface area contributed by atoms with Crippen molar-refractivity contribution in [3.63, 3.8) is 0 Å². The fourth-order valence-corrected chi connectivity index (χ4v) is 4.88. The van der Waals surface area contributed by atoms with E-state index in [1.54, 1.807) is 0 Å². The Morgan fingerprint density at radius 2 is 1.71 bits per heavy atom. The Morgan fingerprint density at radius 1 is 1.03 bits per heavy atom. The third-order valence-electron chi connectivity index (χ3n) is 6.59. The van der Waals surface area contributed by atoms with Crippen molar-refractivity contribution in [1.29, 1.82) is 0 Å². The van der Waals surface area contributed by atoms with Gasteiger partial charge in [-0.05, 0) is 48.4 Å². The van der Waals surface area contributed by atoms with E-state index in [0.717, 1.165) is 22.8 Å². The van der Waals surface area contributed by atoms with Gasteiger partial charge in [0.2, 0.25) is 0 Å². The van der Waals surface area contributed by atoms with Crippen LogP contribution in [0.25, 0.3) is 21.8 Å². The lowest BCUT2D eigenvalue weighted by molar-refractivity contribution is -0.142. The molecule has 1 atom stereocenters. The number of amides is 1. The molecule has 2 N–H and O–H groups in total. The Balaban J connectivity index is 1.71. The summed E-state index contributed by atoms with van der Waals surface area (Å²) in [5.41, 5.74) is 2.23. The molecule has 0 saturated heterocycles. The largest absolute Gasteiger partial charge is 0.480 e. The number of carboxylic acid groups (broad SMARTS) is 1. The number of hydrogen-bond donors (Lipinski definition) is 2. The van der Waals surface area contributed by atoms with E-state index in [2.05, 4.69) is 28.1 Å². The van der Waals surface area contributed by atoms with E-state index < -0.39 is 17.4 Å². The maximum absolute atomic E-state index is 12.9. The van der Waals surface area contributed by atoms with E-state index in [1.807, 2.05) is 45.0 Å². The van der Waals surface area contributed by atoms with Crippen molar-refractivity contribution >= 4 is 33.7 Å². The molecule has 0 radical (unpaired) electrons. The summed E-state index contributed by atoms with van der Waals surface area (Å²) in [4.78, 5) is 24.6. The van der Waals surface area contributed by atoms with Crippen LogP contribution < -0.4 is 5.32 Å². The standard InChI is InChI=1S/C26H32N2O3/c1-26(2,3)23(25(30)31)27-24(29)18-13-14-22-20(15-18)19-11-7-8-12-21(19)28(22)16-17-9-5-4-6-10-17/h7-8,11-15,17,23H,4-6,9-10,16H2,1-3H3,(H,27,29)(H,30,31)/t23-/m1/s1. The highest BCUT2D eigenvalue weighted by Crippen LogP contribution is 2.33. The Hall–Kier alpha value is -2.82. The van der Waals surface area contributed by atoms with Gasteiger partial charge < -0.3 is 15.0 Å². The molecule has 4 rings (SSSR count). The minimum atomic E-state index is -1.02. The summed E-state index contributed by atoms with van der Waals surface area (Å²) < 4.78 is 2.40. The molecule has 2 aromatic carbocycles. The first-order chi connectivity index (χ1) is 14.8. The van der Waals surface area contributed by atoms with Gasteiger partial charge in [0.15, 0.2) is 0 Å². The van der Waals surface area contributed by atoms with Crippen LogP contribution in [0.4, 0.5) is 0 Å². The highest BCUT2D eigenvalue weighted by atomic mass is 16.4. The van der Waals surface area contributed by atoms with E-state index in [0.29, 0.717) is 11.5 Å². The van der Waals surface area contributed by atoms with Gasteiger partial charge in [-0.15, -0.1) is 0 Å². The Morgan fingerprint density at radius 3 is 2.39 bits per heavy atom. The first-order valence-corrected chi connectivity index (χ1v) is 11.3. The summed E-state index contributed by atoms with van der Waals surface area (Å²) in [6, 6.07) is 13.1. The van der Waals surface area contributed by atoms with E-state index in [1.165, 1.54) is 37.6 Å². The molecule has 0 spiro atoms. The Bertz CT molecular complexity index is 1120. The predicted octanol–water partition coefficient (Wildman–Crippen LogP) is 5.60. The van der Waals surface area contributed by atoms with Crippen molar-refractivity contribution < 1.29 is 14.7 Å². The maximum Gasteiger partial charge on any atom is 0.326 e. The van der Waals surface area contributed by atoms with Gasteiger partial charge in [-0.3, -0.25) is 4.79 Å². The molecule has 1 fully saturated rings. The van der Waals surface area contributed by atoms with Gasteiger partial charge in [-0.1, -0.05) is 58.2 Å². The smallest absolute Gasteiger partial charge is 0.326 e. The zero-order valence-corrected chi connectivity index (χ0v) is 18.6. The molecule has 1 aromatic heterocycles. The third kappa shape index (κ3) is 4.32. The second kappa shape index (κ2) is 8.37. The first kappa shape index (κ1) is 21.4. The van der Waals surface area contributed by atoms with Crippen LogP contribution in [0.1, 0.15) is 63.2 Å². The average molecular weight is 421 g/mol. The molecule has 1 amide bonds. The predicted molar refractivity (Wildman–Crippen MR) is 124 cm³/mol. The lowest BCUT2D eigenvalue weighted by Gasteiger charge is -2.27. The number of fused-ring (bicyclic) bond motifs is 3. The summed E-state index contributed by atoms with van der Waals surface area (Å²) in [6.45, 7) is 6.44. The molecular weight excluding hydrogens is 388 g/mol. The maximum atomic E-state index is 12.9. The summed E-state index contributed by atoms with van der Waals surface area (Å²) in [5, 5.41) is 14.4. The highest BCUT2D eigenvalue weighted by molar-refractivity contribution is 6.11. The molecule has 1 saturated carbocycles. The summed E-state index contributed by atoms with van der Waals surface area (Å²) in [7, 11) is 0. The topological polar surface area (TPSA) is 71.3 Å². The second-order valence-electron chi connectivity index (χ2n) is 9.97. The molecule has 0 bridgehead atoms. The van der Waals surface area contributed by atoms with Crippen LogP contribution in [-0.4, -0.2) is 27.6 Å². The van der Waals surface area contributed by atoms with Crippen molar-refractivity contribution in [3.05, 3.63) is 48.0 Å². The fraction of sp³-hybridized carbons (Fsp3) is 0.462. The van der Waals surface area contributed by atoms with Gasteiger partial charge in [0, 0.05) is 33.9 Å². The minimum absolute atomic E-state index is 0.353. The number of hydrogen-bond acceptors (Lipinski definition) is 2.